The van der Waals surface area contributed by atoms with Gasteiger partial charge in [0.2, 0.25) is 0 Å². The van der Waals surface area contributed by atoms with Gasteiger partial charge in [-0.15, -0.1) is 0 Å². The van der Waals surface area contributed by atoms with Crippen molar-refractivity contribution in [3.05, 3.63) is 29.3 Å². The number of benzene rings is 1. The summed E-state index contributed by atoms with van der Waals surface area (Å²) >= 11 is 0. The lowest BCUT2D eigenvalue weighted by molar-refractivity contribution is -0.141. The van der Waals surface area contributed by atoms with Gasteiger partial charge in [-0.3, -0.25) is 9.69 Å². The van der Waals surface area contributed by atoms with Crippen LogP contribution < -0.4 is 4.74 Å². The molecule has 0 fully saturated rings. The number of carbonyl (C=O) groups excluding carboxylic acids is 1. The van der Waals surface area contributed by atoms with Crippen molar-refractivity contribution in [3.63, 3.8) is 0 Å². The van der Waals surface area contributed by atoms with Gasteiger partial charge in [0.25, 0.3) is 0 Å². The zero-order valence-corrected chi connectivity index (χ0v) is 10.2. The van der Waals surface area contributed by atoms with E-state index in [2.05, 4.69) is 10.8 Å². The fraction of sp³-hybridized carbons (Fsp3) is 0.462. The van der Waals surface area contributed by atoms with Gasteiger partial charge >= 0.3 is 5.97 Å². The van der Waals surface area contributed by atoms with E-state index in [9.17, 15) is 4.79 Å². The molecule has 17 heavy (non-hydrogen) atoms. The Kier molecular flexibility index (Phi) is 3.64. The summed E-state index contributed by atoms with van der Waals surface area (Å²) in [5.74, 6) is 0.779. The molecule has 0 saturated heterocycles. The Hall–Kier alpha value is -1.55. The monoisotopic (exact) mass is 235 g/mol. The molecular weight excluding hydrogens is 218 g/mol. The van der Waals surface area contributed by atoms with Gasteiger partial charge in [-0.25, -0.2) is 0 Å². The molecule has 4 nitrogen and oxygen atoms in total. The maximum Gasteiger partial charge on any atom is 0.319 e. The van der Waals surface area contributed by atoms with Crippen LogP contribution in [0, 0.1) is 0 Å². The quantitative estimate of drug-likeness (QED) is 0.736. The van der Waals surface area contributed by atoms with Crippen molar-refractivity contribution in [2.24, 2.45) is 0 Å². The van der Waals surface area contributed by atoms with E-state index in [1.807, 2.05) is 24.1 Å². The van der Waals surface area contributed by atoms with Crippen LogP contribution in [0.1, 0.15) is 11.1 Å². The highest BCUT2D eigenvalue weighted by Gasteiger charge is 2.13. The molecule has 0 radical (unpaired) electrons. The molecule has 1 aromatic carbocycles. The maximum atomic E-state index is 11.1. The van der Waals surface area contributed by atoms with Crippen molar-refractivity contribution in [2.75, 3.05) is 27.3 Å². The van der Waals surface area contributed by atoms with Crippen molar-refractivity contribution in [3.8, 4) is 5.75 Å². The molecule has 2 rings (SSSR count). The molecule has 0 amide bonds. The van der Waals surface area contributed by atoms with Crippen LogP contribution in [-0.2, 0) is 22.5 Å². The van der Waals surface area contributed by atoms with Gasteiger partial charge < -0.3 is 9.47 Å². The number of hydrogen-bond donors (Lipinski definition) is 0. The number of esters is 1. The molecule has 0 aliphatic carbocycles. The Labute approximate surface area is 101 Å². The van der Waals surface area contributed by atoms with Crippen LogP contribution in [0.3, 0.4) is 0 Å². The number of nitrogens with zero attached hydrogens (tertiary/aromatic N) is 1. The number of methoxy groups -OCH3 is 1. The molecule has 0 N–H and O–H groups in total. The Bertz CT molecular complexity index is 417. The summed E-state index contributed by atoms with van der Waals surface area (Å²) in [6, 6.07) is 6.19. The maximum absolute atomic E-state index is 11.1. The van der Waals surface area contributed by atoms with Crippen molar-refractivity contribution >= 4 is 5.97 Å². The number of rotatable bonds is 4. The molecule has 0 bridgehead atoms. The number of hydrogen-bond acceptors (Lipinski definition) is 4. The minimum absolute atomic E-state index is 0.211. The predicted octanol–water partition coefficient (Wildman–Crippen LogP) is 1.23. The molecule has 0 spiro atoms. The van der Waals surface area contributed by atoms with Crippen LogP contribution in [0.25, 0.3) is 0 Å². The summed E-state index contributed by atoms with van der Waals surface area (Å²) in [6.45, 7) is 1.82. The van der Waals surface area contributed by atoms with E-state index in [0.717, 1.165) is 25.3 Å². The summed E-state index contributed by atoms with van der Waals surface area (Å²) < 4.78 is 10.1. The topological polar surface area (TPSA) is 38.8 Å². The van der Waals surface area contributed by atoms with E-state index < -0.39 is 0 Å². The highest BCUT2D eigenvalue weighted by molar-refractivity contribution is 5.71. The van der Waals surface area contributed by atoms with Crippen molar-refractivity contribution < 1.29 is 14.3 Å². The van der Waals surface area contributed by atoms with Crippen LogP contribution in [-0.4, -0.2) is 38.2 Å². The van der Waals surface area contributed by atoms with Gasteiger partial charge in [0.15, 0.2) is 0 Å². The van der Waals surface area contributed by atoms with E-state index in [-0.39, 0.29) is 5.97 Å². The number of carbonyl (C=O) groups is 1. The van der Waals surface area contributed by atoms with Gasteiger partial charge in [-0.1, -0.05) is 12.1 Å². The first-order valence-electron chi connectivity index (χ1n) is 5.69. The van der Waals surface area contributed by atoms with Crippen LogP contribution in [0.2, 0.25) is 0 Å². The molecule has 1 heterocycles. The third-order valence-electron chi connectivity index (χ3n) is 2.83. The smallest absolute Gasteiger partial charge is 0.319 e. The highest BCUT2D eigenvalue weighted by atomic mass is 16.5. The molecule has 1 aliphatic rings. The second-order valence-corrected chi connectivity index (χ2v) is 4.29. The van der Waals surface area contributed by atoms with E-state index in [1.54, 1.807) is 0 Å². The molecule has 92 valence electrons. The minimum Gasteiger partial charge on any atom is -0.493 e. The lowest BCUT2D eigenvalue weighted by atomic mass is 10.1. The third-order valence-corrected chi connectivity index (χ3v) is 2.83. The lowest BCUT2D eigenvalue weighted by Crippen LogP contribution is -2.26. The first-order valence-corrected chi connectivity index (χ1v) is 5.69. The third kappa shape index (κ3) is 2.97. The van der Waals surface area contributed by atoms with Gasteiger partial charge in [0, 0.05) is 13.0 Å². The van der Waals surface area contributed by atoms with Gasteiger partial charge in [-0.2, -0.15) is 0 Å². The van der Waals surface area contributed by atoms with E-state index in [0.29, 0.717) is 6.54 Å². The van der Waals surface area contributed by atoms with Crippen LogP contribution in [0.15, 0.2) is 18.2 Å². The normalized spacial score (nSPS) is 13.4. The molecule has 1 aliphatic heterocycles. The molecule has 0 saturated carbocycles. The summed E-state index contributed by atoms with van der Waals surface area (Å²) in [5.41, 5.74) is 2.45. The first kappa shape index (κ1) is 11.9. The van der Waals surface area contributed by atoms with Crippen LogP contribution in [0.4, 0.5) is 0 Å². The zero-order chi connectivity index (χ0) is 12.3. The Morgan fingerprint density at radius 3 is 3.12 bits per heavy atom. The number of ether oxygens (including phenoxy) is 2. The molecule has 4 heteroatoms. The summed E-state index contributed by atoms with van der Waals surface area (Å²) in [6.07, 6.45) is 0.976. The lowest BCUT2D eigenvalue weighted by Gasteiger charge is -2.15. The summed E-state index contributed by atoms with van der Waals surface area (Å²) in [5, 5.41) is 0. The fourth-order valence-electron chi connectivity index (χ4n) is 1.99. The molecule has 0 aromatic heterocycles. The Morgan fingerprint density at radius 1 is 1.53 bits per heavy atom. The number of fused-ring (bicyclic) bond motifs is 1. The molecule has 0 unspecified atom stereocenters. The van der Waals surface area contributed by atoms with Crippen LogP contribution in [0.5, 0.6) is 5.75 Å². The van der Waals surface area contributed by atoms with Gasteiger partial charge in [0.05, 0.1) is 20.3 Å². The Morgan fingerprint density at radius 2 is 2.35 bits per heavy atom. The molecule has 0 atom stereocenters. The van der Waals surface area contributed by atoms with E-state index in [1.165, 1.54) is 18.2 Å². The van der Waals surface area contributed by atoms with E-state index >= 15 is 0 Å². The second kappa shape index (κ2) is 5.19. The zero-order valence-electron chi connectivity index (χ0n) is 10.2. The Balaban J connectivity index is 1.97. The average Bonchev–Trinajstić information content (AvgIpc) is 2.75. The fourth-order valence-corrected chi connectivity index (χ4v) is 1.99. The standard InChI is InChI=1S/C13H17NO3/c1-14(9-13(15)16-2)8-10-3-4-12-11(7-10)5-6-17-12/h3-4,7H,5-6,8-9H2,1-2H3. The van der Waals surface area contributed by atoms with Gasteiger partial charge in [0.1, 0.15) is 5.75 Å². The molecular formula is C13H17NO3. The first-order chi connectivity index (χ1) is 8.19. The SMILES string of the molecule is COC(=O)CN(C)Cc1ccc2c(c1)CCO2. The summed E-state index contributed by atoms with van der Waals surface area (Å²) in [4.78, 5) is 13.0. The van der Waals surface area contributed by atoms with Crippen molar-refractivity contribution in [2.45, 2.75) is 13.0 Å². The largest absolute Gasteiger partial charge is 0.493 e. The summed E-state index contributed by atoms with van der Waals surface area (Å²) in [7, 11) is 3.31. The molecule has 1 aromatic rings. The van der Waals surface area contributed by atoms with Crippen LogP contribution >= 0.6 is 0 Å². The highest BCUT2D eigenvalue weighted by Crippen LogP contribution is 2.26. The van der Waals surface area contributed by atoms with Gasteiger partial charge in [-0.05, 0) is 24.2 Å². The average molecular weight is 235 g/mol. The predicted molar refractivity (Wildman–Crippen MR) is 64.0 cm³/mol. The minimum atomic E-state index is -0.211. The van der Waals surface area contributed by atoms with E-state index in [4.69, 9.17) is 4.74 Å². The number of likely N-dealkylation sites (N-methyl/N-ethyl adjacent to an activating group) is 1. The second-order valence-electron chi connectivity index (χ2n) is 4.29. The van der Waals surface area contributed by atoms with Crippen molar-refractivity contribution in [1.82, 2.24) is 4.90 Å². The van der Waals surface area contributed by atoms with Crippen molar-refractivity contribution in [1.29, 1.82) is 0 Å².